The van der Waals surface area contributed by atoms with Crippen LogP contribution in [0.25, 0.3) is 0 Å². The number of halogens is 6. The molecule has 3 aromatic heterocycles. The van der Waals surface area contributed by atoms with E-state index in [2.05, 4.69) is 165 Å². The highest BCUT2D eigenvalue weighted by Gasteiger charge is 2.31. The molecule has 0 aliphatic carbocycles. The zero-order chi connectivity index (χ0) is 90.6. The predicted octanol–water partition coefficient (Wildman–Crippen LogP) is 5.17. The van der Waals surface area contributed by atoms with E-state index in [0.717, 1.165) is 236 Å². The van der Waals surface area contributed by atoms with Gasteiger partial charge in [0, 0.05) is 225 Å². The van der Waals surface area contributed by atoms with Crippen LogP contribution < -0.4 is 72.9 Å². The zero-order valence-electron chi connectivity index (χ0n) is 71.8. The number of rotatable bonds is 14. The van der Waals surface area contributed by atoms with Gasteiger partial charge in [-0.25, -0.2) is 4.58 Å². The average molecular weight is 1860 g/mol. The van der Waals surface area contributed by atoms with Gasteiger partial charge < -0.3 is 73.3 Å². The molecule has 0 radical (unpaired) electrons. The van der Waals surface area contributed by atoms with Crippen LogP contribution in [-0.2, 0) is 21.1 Å². The van der Waals surface area contributed by atoms with E-state index in [0.29, 0.717) is 24.3 Å². The normalized spacial score (nSPS) is 16.6. The van der Waals surface area contributed by atoms with Gasteiger partial charge in [-0.15, -0.1) is 0 Å². The van der Waals surface area contributed by atoms with Crippen LogP contribution in [0.5, 0.6) is 0 Å². The van der Waals surface area contributed by atoms with E-state index < -0.39 is 20.5 Å². The standard InChI is InChI=1S/C28H34ClN5O.C27H31ClN5O.C17H19N3O2.2C10H13ClN2.2ClHO4/c1-22(31-12-16-33(17-13-31)26-11-7-6-10-25(26)29)23-20-27(30(2)21-23)28(35)34-18-14-32(15-19-34)24-8-4-3-5-9-24;1-29-20-22(21-30-11-13-32(14-12-30)25-10-6-5-9-24(25)28)19-26(29)27(34)33-17-15-31(16-18-33)23-7-3-2-4-8-23;1-18-12-14(13-21)11-16(18)17(22)20-9-7-19(8-10-20)15-5-3-2-4-6-15;2*11-9-3-1-2-4-10(9)13-7-5-12-6-8-13;2*2-1(3,4)5/h3-11,20-22H,12-19H2,1-2H3;2-10,19-21H,11-18H2,1H3;2-6,11-13H,7-10H2,1H3;2*1-4,12H,5-8H2;2*(H,2,3,4,5)/q;+1;;;;;. The van der Waals surface area contributed by atoms with Crippen molar-refractivity contribution in [2.45, 2.75) is 13.0 Å². The molecule has 17 rings (SSSR count). The van der Waals surface area contributed by atoms with Crippen LogP contribution in [0.1, 0.15) is 65.9 Å². The van der Waals surface area contributed by atoms with Gasteiger partial charge in [0.25, 0.3) is 17.7 Å². The Labute approximate surface area is 767 Å². The summed E-state index contributed by atoms with van der Waals surface area (Å²) < 4.78 is 73.4. The number of anilines is 7. The van der Waals surface area contributed by atoms with Gasteiger partial charge in [0.2, 0.25) is 0 Å². The number of carbonyl (C=O) groups is 4. The van der Waals surface area contributed by atoms with Gasteiger partial charge in [-0.2, -0.15) is 28.0 Å². The monoisotopic (exact) mass is 1860 g/mol. The molecule has 0 spiro atoms. The van der Waals surface area contributed by atoms with Crippen molar-refractivity contribution in [1.82, 2.24) is 43.9 Å². The molecule has 7 saturated heterocycles. The molecule has 7 fully saturated rings. The number of hydrogen-bond acceptors (Lipinski definition) is 22. The quantitative estimate of drug-likeness (QED) is 0.0806. The molecule has 1 unspecified atom stereocenters. The van der Waals surface area contributed by atoms with Crippen LogP contribution in [0.3, 0.4) is 0 Å². The van der Waals surface area contributed by atoms with Gasteiger partial charge in [0.15, 0.2) is 25.6 Å². The van der Waals surface area contributed by atoms with E-state index in [1.165, 1.54) is 22.6 Å². The predicted molar refractivity (Wildman–Crippen MR) is 485 cm³/mol. The first-order valence-corrected chi connectivity index (χ1v) is 46.3. The summed E-state index contributed by atoms with van der Waals surface area (Å²) in [5.41, 5.74) is 13.1. The maximum atomic E-state index is 13.4. The number of nitrogens with zero attached hydrogens (tertiary/aromatic N) is 15. The summed E-state index contributed by atoms with van der Waals surface area (Å²) >= 11 is 25.0. The molecule has 10 aromatic rings. The third-order valence-electron chi connectivity index (χ3n) is 22.9. The Morgan fingerprint density at radius 2 is 0.630 bits per heavy atom. The molecular weight excluding hydrogens is 1750 g/mol. The number of aldehydes is 1. The molecule has 678 valence electrons. The number of nitrogens with one attached hydrogen (secondary N) is 2. The van der Waals surface area contributed by atoms with Crippen molar-refractivity contribution < 1.29 is 81.5 Å². The third kappa shape index (κ3) is 29.5. The third-order valence-corrected chi connectivity index (χ3v) is 24.2. The van der Waals surface area contributed by atoms with Crippen molar-refractivity contribution in [1.29, 1.82) is 0 Å². The maximum Gasteiger partial charge on any atom is 0.270 e. The molecule has 0 saturated carbocycles. The minimum Gasteiger partial charge on any atom is -0.368 e. The SMILES string of the molecule is CC(c1cc(C(=O)N2CCN(c3ccccc3)CC2)n(C)c1)N1CCN(c2ccccc2Cl)CC1.Clc1ccccc1N1CCNCC1.Clc1ccccc1N1CCNCC1.Cn1cc(C=O)cc1C(=O)N1CCN(c2ccccc2)CC1.Cn1cc(C=[N+]2CCN(c3ccccc3Cl)CC2)cc1C(=O)N1CCN(c2ccccc2)CC1.[O-][Cl+3]([O-])([O-])O.[O-][Cl+3]([O-])([O-])O. The molecule has 0 bridgehead atoms. The lowest BCUT2D eigenvalue weighted by molar-refractivity contribution is -1.92. The van der Waals surface area contributed by atoms with Gasteiger partial charge in [0.1, 0.15) is 17.1 Å². The molecule has 1 atom stereocenters. The number of aryl methyl sites for hydroxylation is 3. The Morgan fingerprint density at radius 3 is 0.945 bits per heavy atom. The Bertz CT molecular complexity index is 5050. The topological polar surface area (TPSA) is 325 Å². The molecule has 7 aromatic carbocycles. The first kappa shape index (κ1) is 97.6. The summed E-state index contributed by atoms with van der Waals surface area (Å²) in [4.78, 5) is 74.6. The lowest BCUT2D eigenvalue weighted by atomic mass is 10.1. The number of para-hydroxylation sites is 7. The molecule has 35 heteroatoms. The summed E-state index contributed by atoms with van der Waals surface area (Å²) in [5, 5.41) is 9.95. The Balaban J connectivity index is 0.000000157. The largest absolute Gasteiger partial charge is 0.368 e. The minimum atomic E-state index is -4.69. The van der Waals surface area contributed by atoms with Gasteiger partial charge in [0.05, 0.1) is 91.3 Å². The smallest absolute Gasteiger partial charge is 0.270 e. The van der Waals surface area contributed by atoms with Crippen molar-refractivity contribution in [2.24, 2.45) is 21.1 Å². The second-order valence-electron chi connectivity index (χ2n) is 31.2. The second kappa shape index (κ2) is 47.9. The van der Waals surface area contributed by atoms with Crippen LogP contribution in [-0.4, -0.2) is 261 Å². The summed E-state index contributed by atoms with van der Waals surface area (Å²) in [6.45, 7) is 27.5. The summed E-state index contributed by atoms with van der Waals surface area (Å²) in [5.74, 6) is 0.226. The van der Waals surface area contributed by atoms with Crippen molar-refractivity contribution in [2.75, 3.05) is 218 Å². The molecular formula is C92H112Cl6N17O12+. The molecule has 7 aliphatic rings. The van der Waals surface area contributed by atoms with Crippen LogP contribution >= 0.6 is 46.4 Å². The average Bonchev–Trinajstić information content (AvgIpc) is 1.65. The fourth-order valence-corrected chi connectivity index (χ4v) is 17.2. The highest BCUT2D eigenvalue weighted by molar-refractivity contribution is 6.34. The number of carbonyl (C=O) groups excluding carboxylic acids is 4. The number of hydrogen-bond donors (Lipinski definition) is 4. The second-order valence-corrected chi connectivity index (χ2v) is 34.4. The maximum absolute atomic E-state index is 13.4. The molecule has 29 nitrogen and oxygen atoms in total. The van der Waals surface area contributed by atoms with Gasteiger partial charge in [-0.1, -0.05) is 150 Å². The van der Waals surface area contributed by atoms with E-state index >= 15 is 0 Å². The van der Waals surface area contributed by atoms with Crippen molar-refractivity contribution >= 4 is 116 Å². The highest BCUT2D eigenvalue weighted by atomic mass is 35.7. The van der Waals surface area contributed by atoms with Gasteiger partial charge in [-0.3, -0.25) is 24.1 Å². The Morgan fingerprint density at radius 1 is 0.362 bits per heavy atom. The van der Waals surface area contributed by atoms with Crippen LogP contribution in [0, 0.1) is 20.5 Å². The van der Waals surface area contributed by atoms with E-state index in [-0.39, 0.29) is 23.8 Å². The Hall–Kier alpha value is -9.97. The number of piperazine rings is 7. The van der Waals surface area contributed by atoms with Gasteiger partial charge in [-0.05, 0) is 116 Å². The van der Waals surface area contributed by atoms with Crippen molar-refractivity contribution in [3.05, 3.63) is 279 Å². The number of amides is 3. The van der Waals surface area contributed by atoms with Crippen LogP contribution in [0.4, 0.5) is 39.8 Å². The van der Waals surface area contributed by atoms with E-state index in [1.54, 1.807) is 23.9 Å². The Kier molecular flexibility index (Phi) is 36.8. The molecule has 3 amide bonds. The first-order valence-electron chi connectivity index (χ1n) is 42.2. The van der Waals surface area contributed by atoms with E-state index in [9.17, 15) is 19.2 Å². The van der Waals surface area contributed by atoms with Crippen molar-refractivity contribution in [3.8, 4) is 0 Å². The molecule has 10 heterocycles. The summed E-state index contributed by atoms with van der Waals surface area (Å²) in [6, 6.07) is 69.2. The molecule has 7 aliphatic heterocycles. The molecule has 4 N–H and O–H groups in total. The first-order chi connectivity index (χ1) is 61.0. The fraction of sp³-hybridized carbons (Fsp3) is 0.359. The highest BCUT2D eigenvalue weighted by Crippen LogP contribution is 2.33. The molecule has 127 heavy (non-hydrogen) atoms. The van der Waals surface area contributed by atoms with E-state index in [1.807, 2.05) is 153 Å². The van der Waals surface area contributed by atoms with Crippen LogP contribution in [0.15, 0.2) is 225 Å². The zero-order valence-corrected chi connectivity index (χ0v) is 76.4. The van der Waals surface area contributed by atoms with Crippen LogP contribution in [0.2, 0.25) is 20.1 Å². The van der Waals surface area contributed by atoms with Crippen molar-refractivity contribution in [3.63, 3.8) is 0 Å². The number of aromatic nitrogens is 3. The van der Waals surface area contributed by atoms with Gasteiger partial charge >= 0.3 is 0 Å². The lowest BCUT2D eigenvalue weighted by Gasteiger charge is -2.39. The number of benzene rings is 7. The van der Waals surface area contributed by atoms with E-state index in [4.69, 9.17) is 83.7 Å². The lowest BCUT2D eigenvalue weighted by Crippen LogP contribution is -2.58. The summed E-state index contributed by atoms with van der Waals surface area (Å²) in [7, 11) is -3.65. The fourth-order valence-electron chi connectivity index (χ4n) is 16.2. The summed E-state index contributed by atoms with van der Waals surface area (Å²) in [6.07, 6.45) is 8.80. The minimum absolute atomic E-state index is 0.0108.